The van der Waals surface area contributed by atoms with E-state index in [0.29, 0.717) is 12.3 Å². The van der Waals surface area contributed by atoms with Crippen LogP contribution in [-0.4, -0.2) is 29.8 Å². The number of benzene rings is 1. The molecule has 0 aliphatic carbocycles. The van der Waals surface area contributed by atoms with Crippen LogP contribution >= 0.6 is 0 Å². The molecule has 1 atom stereocenters. The van der Waals surface area contributed by atoms with E-state index in [1.54, 1.807) is 0 Å². The van der Waals surface area contributed by atoms with Gasteiger partial charge in [0.05, 0.1) is 0 Å². The molecule has 0 radical (unpaired) electrons. The normalized spacial score (nSPS) is 12.5. The average Bonchev–Trinajstić information content (AvgIpc) is 2.30. The van der Waals surface area contributed by atoms with E-state index in [-0.39, 0.29) is 6.04 Å². The second kappa shape index (κ2) is 6.57. The minimum absolute atomic E-state index is 0.228. The Bertz CT molecular complexity index is 455. The molecule has 0 saturated carbocycles. The Morgan fingerprint density at radius 1 is 1.21 bits per heavy atom. The van der Waals surface area contributed by atoms with Crippen molar-refractivity contribution in [1.29, 1.82) is 0 Å². The molecule has 19 heavy (non-hydrogen) atoms. The largest absolute Gasteiger partial charge is 0.478 e. The Morgan fingerprint density at radius 3 is 2.32 bits per heavy atom. The number of carboxylic acid groups (broad SMARTS) is 1. The molecule has 1 aromatic rings. The summed E-state index contributed by atoms with van der Waals surface area (Å²) in [6, 6.07) is 4.14. The van der Waals surface area contributed by atoms with E-state index in [9.17, 15) is 9.90 Å². The van der Waals surface area contributed by atoms with Gasteiger partial charge in [-0.2, -0.15) is 0 Å². The lowest BCUT2D eigenvalue weighted by atomic mass is 10.1. The summed E-state index contributed by atoms with van der Waals surface area (Å²) in [7, 11) is 0. The highest BCUT2D eigenvalue weighted by atomic mass is 16.5. The Balaban J connectivity index is 2.84. The highest BCUT2D eigenvalue weighted by Crippen LogP contribution is 2.23. The van der Waals surface area contributed by atoms with Crippen LogP contribution in [0.5, 0.6) is 5.75 Å². The Kier molecular flexibility index (Phi) is 5.36. The molecule has 0 aliphatic heterocycles. The highest BCUT2D eigenvalue weighted by molar-refractivity contribution is 5.73. The van der Waals surface area contributed by atoms with Gasteiger partial charge in [0.25, 0.3) is 0 Å². The van der Waals surface area contributed by atoms with Gasteiger partial charge < -0.3 is 15.2 Å². The minimum atomic E-state index is -0.953. The Labute approximate surface area is 114 Å². The summed E-state index contributed by atoms with van der Waals surface area (Å²) in [6.07, 6.45) is -0.872. The number of ether oxygens (including phenoxy) is 1. The van der Waals surface area contributed by atoms with Crippen LogP contribution < -0.4 is 10.1 Å². The molecule has 0 bridgehead atoms. The van der Waals surface area contributed by atoms with E-state index in [1.807, 2.05) is 46.8 Å². The van der Waals surface area contributed by atoms with Crippen molar-refractivity contribution < 1.29 is 14.6 Å². The standard InChI is InChI=1S/C15H23NO3/c1-9(2)16-8-14(15(17)18)19-13-7-11(4)10(3)6-12(13)5/h6-7,9,14,16H,8H2,1-5H3,(H,17,18). The van der Waals surface area contributed by atoms with Crippen LogP contribution in [0.3, 0.4) is 0 Å². The smallest absolute Gasteiger partial charge is 0.346 e. The van der Waals surface area contributed by atoms with Gasteiger partial charge in [0.2, 0.25) is 6.10 Å². The zero-order valence-corrected chi connectivity index (χ0v) is 12.3. The molecule has 1 rings (SSSR count). The summed E-state index contributed by atoms with van der Waals surface area (Å²) < 4.78 is 5.63. The second-order valence-electron chi connectivity index (χ2n) is 5.21. The third kappa shape index (κ3) is 4.56. The van der Waals surface area contributed by atoms with Gasteiger partial charge in [0.15, 0.2) is 0 Å². The fourth-order valence-electron chi connectivity index (χ4n) is 1.74. The van der Waals surface area contributed by atoms with Crippen molar-refractivity contribution in [3.8, 4) is 5.75 Å². The van der Waals surface area contributed by atoms with E-state index in [1.165, 1.54) is 5.56 Å². The minimum Gasteiger partial charge on any atom is -0.478 e. The molecular weight excluding hydrogens is 242 g/mol. The summed E-state index contributed by atoms with van der Waals surface area (Å²) in [6.45, 7) is 10.2. The zero-order valence-electron chi connectivity index (χ0n) is 12.3. The van der Waals surface area contributed by atoms with Crippen molar-refractivity contribution in [3.63, 3.8) is 0 Å². The predicted octanol–water partition coefficient (Wildman–Crippen LogP) is 2.44. The van der Waals surface area contributed by atoms with Gasteiger partial charge in [-0.15, -0.1) is 0 Å². The lowest BCUT2D eigenvalue weighted by Crippen LogP contribution is -2.40. The fraction of sp³-hybridized carbons (Fsp3) is 0.533. The Hall–Kier alpha value is -1.55. The maximum Gasteiger partial charge on any atom is 0.346 e. The van der Waals surface area contributed by atoms with E-state index in [0.717, 1.165) is 11.1 Å². The SMILES string of the molecule is Cc1cc(C)c(OC(CNC(C)C)C(=O)O)cc1C. The van der Waals surface area contributed by atoms with Gasteiger partial charge >= 0.3 is 5.97 Å². The van der Waals surface area contributed by atoms with Gasteiger partial charge in [-0.1, -0.05) is 19.9 Å². The number of hydrogen-bond acceptors (Lipinski definition) is 3. The van der Waals surface area contributed by atoms with Gasteiger partial charge in [-0.25, -0.2) is 4.79 Å². The van der Waals surface area contributed by atoms with Crippen LogP contribution in [0.1, 0.15) is 30.5 Å². The van der Waals surface area contributed by atoms with Crippen molar-refractivity contribution in [2.45, 2.75) is 46.8 Å². The second-order valence-corrected chi connectivity index (χ2v) is 5.21. The Morgan fingerprint density at radius 2 is 1.79 bits per heavy atom. The molecule has 4 nitrogen and oxygen atoms in total. The number of nitrogens with one attached hydrogen (secondary N) is 1. The summed E-state index contributed by atoms with van der Waals surface area (Å²) in [5.74, 6) is -0.313. The van der Waals surface area contributed by atoms with Crippen LogP contribution in [0, 0.1) is 20.8 Å². The first-order chi connectivity index (χ1) is 8.81. The molecule has 0 saturated heterocycles. The van der Waals surface area contributed by atoms with Crippen LogP contribution in [-0.2, 0) is 4.79 Å². The molecule has 1 aromatic carbocycles. The number of carbonyl (C=O) groups is 1. The molecule has 0 heterocycles. The van der Waals surface area contributed by atoms with Crippen molar-refractivity contribution in [1.82, 2.24) is 5.32 Å². The lowest BCUT2D eigenvalue weighted by molar-refractivity contribution is -0.144. The lowest BCUT2D eigenvalue weighted by Gasteiger charge is -2.19. The molecule has 0 aliphatic rings. The molecule has 0 fully saturated rings. The number of aliphatic carboxylic acids is 1. The molecule has 0 spiro atoms. The number of carboxylic acids is 1. The zero-order chi connectivity index (χ0) is 14.6. The maximum absolute atomic E-state index is 11.2. The van der Waals surface area contributed by atoms with E-state index < -0.39 is 12.1 Å². The summed E-state index contributed by atoms with van der Waals surface area (Å²) in [5, 5.41) is 12.3. The first-order valence-electron chi connectivity index (χ1n) is 6.52. The van der Waals surface area contributed by atoms with Crippen LogP contribution in [0.4, 0.5) is 0 Å². The van der Waals surface area contributed by atoms with Crippen molar-refractivity contribution in [2.24, 2.45) is 0 Å². The summed E-state index contributed by atoms with van der Waals surface area (Å²) >= 11 is 0. The average molecular weight is 265 g/mol. The van der Waals surface area contributed by atoms with Gasteiger partial charge in [0.1, 0.15) is 5.75 Å². The first kappa shape index (κ1) is 15.5. The molecule has 1 unspecified atom stereocenters. The van der Waals surface area contributed by atoms with Gasteiger partial charge in [-0.05, 0) is 43.5 Å². The van der Waals surface area contributed by atoms with E-state index in [4.69, 9.17) is 4.74 Å². The highest BCUT2D eigenvalue weighted by Gasteiger charge is 2.20. The van der Waals surface area contributed by atoms with Crippen LogP contribution in [0.25, 0.3) is 0 Å². The molecule has 0 amide bonds. The quantitative estimate of drug-likeness (QED) is 0.829. The van der Waals surface area contributed by atoms with Gasteiger partial charge in [-0.3, -0.25) is 0 Å². The van der Waals surface area contributed by atoms with Crippen molar-refractivity contribution >= 4 is 5.97 Å². The fourth-order valence-corrected chi connectivity index (χ4v) is 1.74. The monoisotopic (exact) mass is 265 g/mol. The predicted molar refractivity (Wildman–Crippen MR) is 75.8 cm³/mol. The van der Waals surface area contributed by atoms with Gasteiger partial charge in [0, 0.05) is 12.6 Å². The molecule has 4 heteroatoms. The third-order valence-corrected chi connectivity index (χ3v) is 3.05. The third-order valence-electron chi connectivity index (χ3n) is 3.05. The summed E-state index contributed by atoms with van der Waals surface area (Å²) in [5.41, 5.74) is 3.23. The molecule has 2 N–H and O–H groups in total. The maximum atomic E-state index is 11.2. The molecule has 106 valence electrons. The van der Waals surface area contributed by atoms with E-state index in [2.05, 4.69) is 5.32 Å². The topological polar surface area (TPSA) is 58.6 Å². The van der Waals surface area contributed by atoms with Crippen molar-refractivity contribution in [3.05, 3.63) is 28.8 Å². The first-order valence-corrected chi connectivity index (χ1v) is 6.52. The van der Waals surface area contributed by atoms with E-state index >= 15 is 0 Å². The molecular formula is C15H23NO3. The molecule has 0 aromatic heterocycles. The van der Waals surface area contributed by atoms with Crippen LogP contribution in [0.15, 0.2) is 12.1 Å². The number of hydrogen-bond donors (Lipinski definition) is 2. The number of rotatable bonds is 6. The summed E-state index contributed by atoms with van der Waals surface area (Å²) in [4.78, 5) is 11.2. The number of aryl methyl sites for hydroxylation is 3. The van der Waals surface area contributed by atoms with Crippen molar-refractivity contribution in [2.75, 3.05) is 6.54 Å². The van der Waals surface area contributed by atoms with Crippen LogP contribution in [0.2, 0.25) is 0 Å².